The average molecular weight is 218 g/mol. The number of nitrogens with two attached hydrogens (primary N) is 1. The Bertz CT molecular complexity index is 232. The Balaban J connectivity index is 2.46. The fourth-order valence-corrected chi connectivity index (χ4v) is 1.70. The number of aliphatic carboxylic acids is 1. The Morgan fingerprint density at radius 3 is 2.60 bits per heavy atom. The molecular weight excluding hydrogens is 200 g/mol. The Morgan fingerprint density at radius 1 is 1.60 bits per heavy atom. The van der Waals surface area contributed by atoms with Crippen molar-refractivity contribution in [3.63, 3.8) is 0 Å². The molecule has 0 spiro atoms. The van der Waals surface area contributed by atoms with E-state index in [1.54, 1.807) is 14.2 Å². The summed E-state index contributed by atoms with van der Waals surface area (Å²) in [6, 6.07) is 0. The molecule has 1 fully saturated rings. The predicted octanol–water partition coefficient (Wildman–Crippen LogP) is -0.907. The van der Waals surface area contributed by atoms with E-state index < -0.39 is 11.5 Å². The summed E-state index contributed by atoms with van der Waals surface area (Å²) in [6.07, 6.45) is 0.129. The Morgan fingerprint density at radius 2 is 2.20 bits per heavy atom. The molecule has 1 atom stereocenters. The van der Waals surface area contributed by atoms with Gasteiger partial charge in [-0.15, -0.1) is 0 Å². The van der Waals surface area contributed by atoms with Crippen LogP contribution in [0.1, 0.15) is 6.42 Å². The largest absolute Gasteiger partial charge is 0.480 e. The van der Waals surface area contributed by atoms with Crippen molar-refractivity contribution in [2.45, 2.75) is 18.2 Å². The lowest BCUT2D eigenvalue weighted by molar-refractivity contribution is -0.143. The van der Waals surface area contributed by atoms with Gasteiger partial charge in [0.1, 0.15) is 5.54 Å². The molecule has 0 radical (unpaired) electrons. The molecule has 1 unspecified atom stereocenters. The summed E-state index contributed by atoms with van der Waals surface area (Å²) in [5, 5.41) is 8.92. The highest BCUT2D eigenvalue weighted by molar-refractivity contribution is 5.79. The molecule has 0 bridgehead atoms. The van der Waals surface area contributed by atoms with Gasteiger partial charge in [-0.2, -0.15) is 0 Å². The quantitative estimate of drug-likeness (QED) is 0.581. The summed E-state index contributed by atoms with van der Waals surface area (Å²) in [7, 11) is 3.11. The number of carbonyl (C=O) groups is 1. The lowest BCUT2D eigenvalue weighted by atomic mass is 10.0. The molecule has 15 heavy (non-hydrogen) atoms. The van der Waals surface area contributed by atoms with Crippen LogP contribution in [0, 0.1) is 0 Å². The van der Waals surface area contributed by atoms with E-state index >= 15 is 0 Å². The van der Waals surface area contributed by atoms with Crippen molar-refractivity contribution in [2.24, 2.45) is 5.73 Å². The summed E-state index contributed by atoms with van der Waals surface area (Å²) in [5.74, 6) is -0.948. The molecule has 1 saturated heterocycles. The van der Waals surface area contributed by atoms with E-state index in [-0.39, 0.29) is 6.29 Å². The van der Waals surface area contributed by atoms with Crippen molar-refractivity contribution in [1.82, 2.24) is 4.90 Å². The van der Waals surface area contributed by atoms with E-state index in [0.29, 0.717) is 26.1 Å². The minimum atomic E-state index is -1.12. The molecule has 6 nitrogen and oxygen atoms in total. The normalized spacial score (nSPS) is 27.5. The van der Waals surface area contributed by atoms with Crippen LogP contribution in [0.25, 0.3) is 0 Å². The second kappa shape index (κ2) is 4.89. The predicted molar refractivity (Wildman–Crippen MR) is 53.4 cm³/mol. The van der Waals surface area contributed by atoms with E-state index in [9.17, 15) is 4.79 Å². The van der Waals surface area contributed by atoms with Crippen LogP contribution < -0.4 is 5.73 Å². The van der Waals surface area contributed by atoms with Crippen molar-refractivity contribution in [3.05, 3.63) is 0 Å². The zero-order valence-corrected chi connectivity index (χ0v) is 9.10. The maximum absolute atomic E-state index is 10.9. The van der Waals surface area contributed by atoms with Gasteiger partial charge in [0.05, 0.1) is 0 Å². The molecule has 3 N–H and O–H groups in total. The average Bonchev–Trinajstić information content (AvgIpc) is 2.58. The topological polar surface area (TPSA) is 85.0 Å². The van der Waals surface area contributed by atoms with Gasteiger partial charge in [0, 0.05) is 33.9 Å². The molecule has 6 heteroatoms. The first-order valence-corrected chi connectivity index (χ1v) is 4.82. The molecule has 0 amide bonds. The van der Waals surface area contributed by atoms with Gasteiger partial charge < -0.3 is 20.3 Å². The third-order valence-electron chi connectivity index (χ3n) is 2.74. The van der Waals surface area contributed by atoms with Crippen LogP contribution in [0.2, 0.25) is 0 Å². The highest BCUT2D eigenvalue weighted by Crippen LogP contribution is 2.19. The summed E-state index contributed by atoms with van der Waals surface area (Å²) in [4.78, 5) is 12.8. The number of carboxylic acids is 1. The first kappa shape index (κ1) is 12.4. The van der Waals surface area contributed by atoms with Crippen molar-refractivity contribution in [3.8, 4) is 0 Å². The number of likely N-dealkylation sites (tertiary alicyclic amines) is 1. The molecule has 1 heterocycles. The van der Waals surface area contributed by atoms with Gasteiger partial charge in [-0.3, -0.25) is 9.69 Å². The molecule has 0 saturated carbocycles. The third-order valence-corrected chi connectivity index (χ3v) is 2.74. The van der Waals surface area contributed by atoms with E-state index in [2.05, 4.69) is 0 Å². The summed E-state index contributed by atoms with van der Waals surface area (Å²) in [5.41, 5.74) is 4.61. The van der Waals surface area contributed by atoms with Gasteiger partial charge in [-0.05, 0) is 6.42 Å². The highest BCUT2D eigenvalue weighted by atomic mass is 16.7. The number of methoxy groups -OCH3 is 2. The highest BCUT2D eigenvalue weighted by Gasteiger charge is 2.41. The molecule has 1 aliphatic rings. The first-order chi connectivity index (χ1) is 7.01. The van der Waals surface area contributed by atoms with Gasteiger partial charge in [0.15, 0.2) is 6.29 Å². The molecule has 0 aromatic heterocycles. The summed E-state index contributed by atoms with van der Waals surface area (Å²) < 4.78 is 10.1. The molecular formula is C9H18N2O4. The van der Waals surface area contributed by atoms with Crippen molar-refractivity contribution >= 4 is 5.97 Å². The zero-order valence-electron chi connectivity index (χ0n) is 9.10. The van der Waals surface area contributed by atoms with E-state index in [4.69, 9.17) is 20.3 Å². The van der Waals surface area contributed by atoms with Crippen LogP contribution in [-0.2, 0) is 14.3 Å². The number of ether oxygens (including phenoxy) is 2. The van der Waals surface area contributed by atoms with Crippen LogP contribution in [0.4, 0.5) is 0 Å². The lowest BCUT2D eigenvalue weighted by Gasteiger charge is -2.23. The standard InChI is InChI=1S/C9H18N2O4/c1-14-7(15-2)5-11-4-3-9(10,6-11)8(12)13/h7H,3-6,10H2,1-2H3,(H,12,13). The lowest BCUT2D eigenvalue weighted by Crippen LogP contribution is -2.50. The zero-order chi connectivity index (χ0) is 11.5. The fraction of sp³-hybridized carbons (Fsp3) is 0.889. The van der Waals surface area contributed by atoms with E-state index in [1.165, 1.54) is 0 Å². The van der Waals surface area contributed by atoms with Crippen LogP contribution in [-0.4, -0.2) is 61.7 Å². The number of nitrogens with zero attached hydrogens (tertiary/aromatic N) is 1. The second-order valence-corrected chi connectivity index (χ2v) is 3.85. The van der Waals surface area contributed by atoms with Crippen molar-refractivity contribution in [2.75, 3.05) is 33.9 Å². The number of carboxylic acid groups (broad SMARTS) is 1. The van der Waals surface area contributed by atoms with Crippen LogP contribution in [0.15, 0.2) is 0 Å². The van der Waals surface area contributed by atoms with Gasteiger partial charge in [-0.25, -0.2) is 0 Å². The number of hydrogen-bond acceptors (Lipinski definition) is 5. The van der Waals surface area contributed by atoms with E-state index in [1.807, 2.05) is 4.90 Å². The molecule has 1 aliphatic heterocycles. The van der Waals surface area contributed by atoms with Crippen LogP contribution in [0.5, 0.6) is 0 Å². The van der Waals surface area contributed by atoms with Gasteiger partial charge in [0.2, 0.25) is 0 Å². The molecule has 0 aliphatic carbocycles. The van der Waals surface area contributed by atoms with Gasteiger partial charge >= 0.3 is 5.97 Å². The van der Waals surface area contributed by atoms with Crippen molar-refractivity contribution in [1.29, 1.82) is 0 Å². The Hall–Kier alpha value is -0.690. The smallest absolute Gasteiger partial charge is 0.325 e. The number of hydrogen-bond donors (Lipinski definition) is 2. The Labute approximate surface area is 88.9 Å². The molecule has 88 valence electrons. The first-order valence-electron chi connectivity index (χ1n) is 4.82. The van der Waals surface area contributed by atoms with E-state index in [0.717, 1.165) is 0 Å². The Kier molecular flexibility index (Phi) is 4.04. The van der Waals surface area contributed by atoms with Gasteiger partial charge in [-0.1, -0.05) is 0 Å². The maximum atomic E-state index is 10.9. The SMILES string of the molecule is COC(CN1CCC(N)(C(=O)O)C1)OC. The monoisotopic (exact) mass is 218 g/mol. The summed E-state index contributed by atoms with van der Waals surface area (Å²) >= 11 is 0. The minimum absolute atomic E-state index is 0.332. The maximum Gasteiger partial charge on any atom is 0.325 e. The molecule has 0 aromatic rings. The fourth-order valence-electron chi connectivity index (χ4n) is 1.70. The minimum Gasteiger partial charge on any atom is -0.480 e. The number of rotatable bonds is 5. The van der Waals surface area contributed by atoms with Crippen LogP contribution >= 0.6 is 0 Å². The molecule has 0 aromatic carbocycles. The van der Waals surface area contributed by atoms with Crippen LogP contribution in [0.3, 0.4) is 0 Å². The summed E-state index contributed by atoms with van der Waals surface area (Å²) in [6.45, 7) is 1.54. The molecule has 1 rings (SSSR count). The second-order valence-electron chi connectivity index (χ2n) is 3.85. The van der Waals surface area contributed by atoms with Gasteiger partial charge in [0.25, 0.3) is 0 Å². The van der Waals surface area contributed by atoms with Crippen molar-refractivity contribution < 1.29 is 19.4 Å². The third kappa shape index (κ3) is 2.88.